The maximum absolute atomic E-state index is 5.46. The Morgan fingerprint density at radius 1 is 0.773 bits per heavy atom. The van der Waals surface area contributed by atoms with Crippen molar-refractivity contribution in [2.45, 2.75) is 12.6 Å². The third kappa shape index (κ3) is 2.84. The molecule has 2 atom stereocenters. The Balaban J connectivity index is 1.70. The Morgan fingerprint density at radius 3 is 1.41 bits per heavy atom. The summed E-state index contributed by atoms with van der Waals surface area (Å²) in [6.07, 6.45) is -0.933. The van der Waals surface area contributed by atoms with Crippen LogP contribution in [0, 0.1) is 0 Å². The molecule has 2 aliphatic heterocycles. The first-order valence-corrected chi connectivity index (χ1v) is 6.95. The summed E-state index contributed by atoms with van der Waals surface area (Å²) in [5.41, 5.74) is 3.40. The molecule has 2 heterocycles. The maximum Gasteiger partial charge on any atom is 0.226 e. The van der Waals surface area contributed by atoms with E-state index in [4.69, 9.17) is 18.9 Å². The van der Waals surface area contributed by atoms with Crippen LogP contribution in [0.3, 0.4) is 0 Å². The summed E-state index contributed by atoms with van der Waals surface area (Å²) in [7, 11) is 0. The van der Waals surface area contributed by atoms with E-state index in [0.29, 0.717) is 24.7 Å². The normalized spacial score (nSPS) is 24.0. The van der Waals surface area contributed by atoms with Crippen LogP contribution >= 0.6 is 0 Å². The zero-order valence-corrected chi connectivity index (χ0v) is 12.3. The van der Waals surface area contributed by atoms with E-state index in [1.165, 1.54) is 0 Å². The first-order chi connectivity index (χ1) is 10.5. The van der Waals surface area contributed by atoms with Crippen LogP contribution in [0.2, 0.25) is 0 Å². The van der Waals surface area contributed by atoms with E-state index in [2.05, 4.69) is 26.3 Å². The monoisotopic (exact) mass is 298 g/mol. The number of rotatable bonds is 4. The van der Waals surface area contributed by atoms with Crippen molar-refractivity contribution in [3.05, 3.63) is 73.2 Å². The Kier molecular flexibility index (Phi) is 3.88. The van der Waals surface area contributed by atoms with Gasteiger partial charge in [0.1, 0.15) is 24.7 Å². The maximum atomic E-state index is 5.46. The van der Waals surface area contributed by atoms with Gasteiger partial charge >= 0.3 is 0 Å². The van der Waals surface area contributed by atoms with Gasteiger partial charge in [0.15, 0.2) is 0 Å². The summed E-state index contributed by atoms with van der Waals surface area (Å²) in [6, 6.07) is 7.78. The smallest absolute Gasteiger partial charge is 0.226 e. The Morgan fingerprint density at radius 2 is 1.14 bits per heavy atom. The molecule has 0 amide bonds. The quantitative estimate of drug-likeness (QED) is 0.852. The lowest BCUT2D eigenvalue weighted by atomic mass is 10.0. The summed E-state index contributed by atoms with van der Waals surface area (Å²) in [5.74, 6) is 1.24. The number of ether oxygens (including phenoxy) is 4. The molecule has 1 aromatic rings. The molecular formula is C18H18O4. The minimum Gasteiger partial charge on any atom is -0.463 e. The Bertz CT molecular complexity index is 585. The van der Waals surface area contributed by atoms with Gasteiger partial charge in [-0.25, -0.2) is 0 Å². The standard InChI is InChI=1S/C18H18O4/c1-11-9-19-17(21-11)13(3)15-5-7-16(8-6-15)14(4)18-20-10-12(2)22-18/h5-8,17-18H,1-4,9-10H2. The summed E-state index contributed by atoms with van der Waals surface area (Å²) in [4.78, 5) is 0. The van der Waals surface area contributed by atoms with Crippen molar-refractivity contribution < 1.29 is 18.9 Å². The molecule has 0 N–H and O–H groups in total. The predicted octanol–water partition coefficient (Wildman–Crippen LogP) is 3.49. The first-order valence-electron chi connectivity index (χ1n) is 6.95. The van der Waals surface area contributed by atoms with E-state index >= 15 is 0 Å². The Hall–Kier alpha value is -2.30. The van der Waals surface area contributed by atoms with E-state index in [1.54, 1.807) is 0 Å². The lowest BCUT2D eigenvalue weighted by Crippen LogP contribution is -2.10. The SMILES string of the molecule is C=C1COC(C(=C)c2ccc(C(=C)C3OCC(=C)O3)cc2)O1. The fraction of sp³-hybridized carbons (Fsp3) is 0.222. The summed E-state index contributed by atoms with van der Waals surface area (Å²) < 4.78 is 21.9. The summed E-state index contributed by atoms with van der Waals surface area (Å²) in [6.45, 7) is 16.3. The van der Waals surface area contributed by atoms with E-state index in [1.807, 2.05) is 24.3 Å². The van der Waals surface area contributed by atoms with E-state index in [-0.39, 0.29) is 0 Å². The highest BCUT2D eigenvalue weighted by Gasteiger charge is 2.25. The van der Waals surface area contributed by atoms with Crippen molar-refractivity contribution in [1.82, 2.24) is 0 Å². The number of benzene rings is 1. The van der Waals surface area contributed by atoms with Gasteiger partial charge in [0, 0.05) is 11.1 Å². The van der Waals surface area contributed by atoms with Crippen LogP contribution in [0.4, 0.5) is 0 Å². The van der Waals surface area contributed by atoms with E-state index in [0.717, 1.165) is 22.3 Å². The molecule has 0 spiro atoms. The van der Waals surface area contributed by atoms with Crippen molar-refractivity contribution in [3.8, 4) is 0 Å². The molecule has 0 bridgehead atoms. The Labute approximate surface area is 129 Å². The zero-order valence-electron chi connectivity index (χ0n) is 12.3. The highest BCUT2D eigenvalue weighted by atomic mass is 16.7. The van der Waals surface area contributed by atoms with E-state index < -0.39 is 12.6 Å². The van der Waals surface area contributed by atoms with Crippen LogP contribution in [0.1, 0.15) is 11.1 Å². The zero-order chi connectivity index (χ0) is 15.7. The molecule has 114 valence electrons. The van der Waals surface area contributed by atoms with Gasteiger partial charge in [-0.3, -0.25) is 0 Å². The molecule has 0 aromatic heterocycles. The second kappa shape index (κ2) is 5.83. The minimum atomic E-state index is -0.466. The fourth-order valence-electron chi connectivity index (χ4n) is 2.29. The number of hydrogen-bond acceptors (Lipinski definition) is 4. The van der Waals surface area contributed by atoms with Crippen LogP contribution in [0.15, 0.2) is 62.1 Å². The van der Waals surface area contributed by atoms with Crippen molar-refractivity contribution in [2.24, 2.45) is 0 Å². The topological polar surface area (TPSA) is 36.9 Å². The van der Waals surface area contributed by atoms with Gasteiger partial charge in [-0.2, -0.15) is 0 Å². The molecule has 4 heteroatoms. The van der Waals surface area contributed by atoms with E-state index in [9.17, 15) is 0 Å². The molecule has 2 saturated heterocycles. The molecule has 2 unspecified atom stereocenters. The van der Waals surface area contributed by atoms with Crippen LogP contribution in [-0.2, 0) is 18.9 Å². The van der Waals surface area contributed by atoms with Crippen molar-refractivity contribution >= 4 is 11.1 Å². The lowest BCUT2D eigenvalue weighted by molar-refractivity contribution is 0.0173. The third-order valence-corrected chi connectivity index (χ3v) is 3.53. The minimum absolute atomic E-state index is 0.402. The first kappa shape index (κ1) is 14.6. The molecule has 4 nitrogen and oxygen atoms in total. The molecule has 2 fully saturated rings. The van der Waals surface area contributed by atoms with Gasteiger partial charge in [0.25, 0.3) is 0 Å². The number of hydrogen-bond donors (Lipinski definition) is 0. The van der Waals surface area contributed by atoms with Gasteiger partial charge in [-0.05, 0) is 11.1 Å². The highest BCUT2D eigenvalue weighted by molar-refractivity contribution is 5.71. The second-order valence-corrected chi connectivity index (χ2v) is 5.23. The fourth-order valence-corrected chi connectivity index (χ4v) is 2.29. The molecule has 1 aromatic carbocycles. The van der Waals surface area contributed by atoms with Crippen LogP contribution in [0.5, 0.6) is 0 Å². The molecule has 22 heavy (non-hydrogen) atoms. The van der Waals surface area contributed by atoms with Gasteiger partial charge in [-0.1, -0.05) is 50.6 Å². The van der Waals surface area contributed by atoms with Crippen LogP contribution in [0.25, 0.3) is 11.1 Å². The van der Waals surface area contributed by atoms with Crippen LogP contribution in [-0.4, -0.2) is 25.8 Å². The van der Waals surface area contributed by atoms with Crippen molar-refractivity contribution in [1.29, 1.82) is 0 Å². The molecule has 3 rings (SSSR count). The second-order valence-electron chi connectivity index (χ2n) is 5.23. The molecule has 2 aliphatic rings. The molecule has 0 radical (unpaired) electrons. The largest absolute Gasteiger partial charge is 0.463 e. The molecular weight excluding hydrogens is 280 g/mol. The molecule has 0 saturated carbocycles. The average Bonchev–Trinajstić information content (AvgIpc) is 3.14. The third-order valence-electron chi connectivity index (χ3n) is 3.53. The highest BCUT2D eigenvalue weighted by Crippen LogP contribution is 2.29. The summed E-state index contributed by atoms with van der Waals surface area (Å²) >= 11 is 0. The van der Waals surface area contributed by atoms with Gasteiger partial charge < -0.3 is 18.9 Å². The average molecular weight is 298 g/mol. The van der Waals surface area contributed by atoms with Crippen molar-refractivity contribution in [3.63, 3.8) is 0 Å². The predicted molar refractivity (Wildman–Crippen MR) is 84.4 cm³/mol. The van der Waals surface area contributed by atoms with Gasteiger partial charge in [0.2, 0.25) is 12.6 Å². The van der Waals surface area contributed by atoms with Gasteiger partial charge in [-0.15, -0.1) is 0 Å². The molecule has 0 aliphatic carbocycles. The van der Waals surface area contributed by atoms with Crippen LogP contribution < -0.4 is 0 Å². The lowest BCUT2D eigenvalue weighted by Gasteiger charge is -2.15. The van der Waals surface area contributed by atoms with Crippen molar-refractivity contribution in [2.75, 3.05) is 13.2 Å². The summed E-state index contributed by atoms with van der Waals surface area (Å²) in [5, 5.41) is 0. The van der Waals surface area contributed by atoms with Gasteiger partial charge in [0.05, 0.1) is 0 Å².